The fraction of sp³-hybridized carbons (Fsp3) is 0.350. The third kappa shape index (κ3) is 5.07. The van der Waals surface area contributed by atoms with Gasteiger partial charge in [-0.1, -0.05) is 12.1 Å². The van der Waals surface area contributed by atoms with Crippen LogP contribution in [0.2, 0.25) is 0 Å². The average Bonchev–Trinajstić information content (AvgIpc) is 2.74. The van der Waals surface area contributed by atoms with E-state index >= 15 is 0 Å². The smallest absolute Gasteiger partial charge is 0.270 e. The average molecular weight is 402 g/mol. The molecule has 2 aromatic carbocycles. The summed E-state index contributed by atoms with van der Waals surface area (Å²) in [6.45, 7) is 2.97. The summed E-state index contributed by atoms with van der Waals surface area (Å²) in [6.07, 6.45) is 0. The van der Waals surface area contributed by atoms with Crippen LogP contribution in [0.5, 0.6) is 0 Å². The van der Waals surface area contributed by atoms with Crippen molar-refractivity contribution in [2.24, 2.45) is 0 Å². The third-order valence-corrected chi connectivity index (χ3v) is 4.89. The van der Waals surface area contributed by atoms with Crippen molar-refractivity contribution in [1.82, 2.24) is 10.2 Å². The van der Waals surface area contributed by atoms with Crippen molar-refractivity contribution in [3.63, 3.8) is 0 Å². The third-order valence-electron chi connectivity index (χ3n) is 4.89. The molecule has 0 aromatic heterocycles. The number of halogens is 1. The number of hydrogen-bond acceptors (Lipinski definition) is 6. The fourth-order valence-corrected chi connectivity index (χ4v) is 3.39. The van der Waals surface area contributed by atoms with E-state index in [1.165, 1.54) is 37.4 Å². The number of amides is 1. The molecule has 1 aliphatic rings. The number of carbonyl (C=O) groups excluding carboxylic acids is 1. The van der Waals surface area contributed by atoms with Gasteiger partial charge in [0, 0.05) is 44.5 Å². The zero-order chi connectivity index (χ0) is 20.8. The van der Waals surface area contributed by atoms with Crippen LogP contribution in [0.15, 0.2) is 42.5 Å². The van der Waals surface area contributed by atoms with E-state index in [0.717, 1.165) is 5.56 Å². The lowest BCUT2D eigenvalue weighted by Gasteiger charge is -2.35. The van der Waals surface area contributed by atoms with Gasteiger partial charge >= 0.3 is 0 Å². The number of carbonyl (C=O) groups is 1. The molecular weight excluding hydrogens is 379 g/mol. The Morgan fingerprint density at radius 3 is 2.69 bits per heavy atom. The van der Waals surface area contributed by atoms with Gasteiger partial charge in [0.15, 0.2) is 0 Å². The number of ether oxygens (including phenoxy) is 1. The number of nitro groups is 1. The molecule has 1 aliphatic heterocycles. The lowest BCUT2D eigenvalue weighted by Crippen LogP contribution is -2.41. The lowest BCUT2D eigenvalue weighted by molar-refractivity contribution is -0.384. The van der Waals surface area contributed by atoms with Crippen LogP contribution in [0.4, 0.5) is 15.8 Å². The number of hydrogen-bond donors (Lipinski definition) is 2. The van der Waals surface area contributed by atoms with Crippen molar-refractivity contribution in [3.05, 3.63) is 69.5 Å². The first-order valence-corrected chi connectivity index (χ1v) is 9.31. The van der Waals surface area contributed by atoms with Gasteiger partial charge in [-0.25, -0.2) is 4.39 Å². The molecular formula is C20H23FN4O4. The van der Waals surface area contributed by atoms with Gasteiger partial charge in [0.25, 0.3) is 11.6 Å². The van der Waals surface area contributed by atoms with Crippen molar-refractivity contribution in [2.75, 3.05) is 45.2 Å². The molecule has 1 fully saturated rings. The second-order valence-electron chi connectivity index (χ2n) is 6.67. The van der Waals surface area contributed by atoms with E-state index in [0.29, 0.717) is 38.5 Å². The summed E-state index contributed by atoms with van der Waals surface area (Å²) >= 11 is 0. The Morgan fingerprint density at radius 2 is 2.03 bits per heavy atom. The van der Waals surface area contributed by atoms with Crippen LogP contribution in [-0.4, -0.2) is 55.6 Å². The van der Waals surface area contributed by atoms with Crippen molar-refractivity contribution in [2.45, 2.75) is 6.04 Å². The molecule has 1 atom stereocenters. The quantitative estimate of drug-likeness (QED) is 0.546. The minimum Gasteiger partial charge on any atom is -0.382 e. The highest BCUT2D eigenvalue weighted by molar-refractivity contribution is 6.00. The van der Waals surface area contributed by atoms with Crippen LogP contribution in [0.3, 0.4) is 0 Å². The Hall–Kier alpha value is -3.04. The maximum atomic E-state index is 13.8. The molecule has 2 aromatic rings. The van der Waals surface area contributed by atoms with Gasteiger partial charge in [0.2, 0.25) is 0 Å². The molecule has 3 rings (SSSR count). The second kappa shape index (κ2) is 9.44. The van der Waals surface area contributed by atoms with Crippen LogP contribution >= 0.6 is 0 Å². The number of morpholine rings is 1. The van der Waals surface area contributed by atoms with E-state index in [-0.39, 0.29) is 23.1 Å². The highest BCUT2D eigenvalue weighted by Gasteiger charge is 2.24. The topological polar surface area (TPSA) is 96.7 Å². The van der Waals surface area contributed by atoms with Crippen molar-refractivity contribution >= 4 is 17.3 Å². The van der Waals surface area contributed by atoms with E-state index in [2.05, 4.69) is 15.5 Å². The first kappa shape index (κ1) is 20.7. The zero-order valence-corrected chi connectivity index (χ0v) is 16.1. The van der Waals surface area contributed by atoms with Gasteiger partial charge in [-0.3, -0.25) is 19.8 Å². The minimum absolute atomic E-state index is 0.151. The number of benzene rings is 2. The summed E-state index contributed by atoms with van der Waals surface area (Å²) in [7, 11) is 1.47. The van der Waals surface area contributed by atoms with E-state index in [1.807, 2.05) is 6.07 Å². The van der Waals surface area contributed by atoms with Gasteiger partial charge in [-0.05, 0) is 23.8 Å². The van der Waals surface area contributed by atoms with Gasteiger partial charge < -0.3 is 15.4 Å². The molecule has 0 aliphatic carbocycles. The van der Waals surface area contributed by atoms with Crippen molar-refractivity contribution in [3.8, 4) is 0 Å². The monoisotopic (exact) mass is 402 g/mol. The Morgan fingerprint density at radius 1 is 1.28 bits per heavy atom. The molecule has 8 nitrogen and oxygen atoms in total. The zero-order valence-electron chi connectivity index (χ0n) is 16.1. The highest BCUT2D eigenvalue weighted by Crippen LogP contribution is 2.26. The predicted octanol–water partition coefficient (Wildman–Crippen LogP) is 2.58. The van der Waals surface area contributed by atoms with Gasteiger partial charge in [-0.15, -0.1) is 0 Å². The van der Waals surface area contributed by atoms with E-state index < -0.39 is 10.8 Å². The largest absolute Gasteiger partial charge is 0.382 e. The number of rotatable bonds is 7. The SMILES string of the molecule is CNC(=O)c1cc([N+](=O)[O-])ccc1NCC(c1cccc(F)c1)N1CCOCC1. The molecule has 1 amide bonds. The molecule has 9 heteroatoms. The molecule has 1 unspecified atom stereocenters. The Labute approximate surface area is 167 Å². The van der Waals surface area contributed by atoms with Crippen LogP contribution in [0, 0.1) is 15.9 Å². The number of anilines is 1. The summed E-state index contributed by atoms with van der Waals surface area (Å²) in [5, 5.41) is 16.8. The predicted molar refractivity (Wildman–Crippen MR) is 107 cm³/mol. The number of nitro benzene ring substituents is 1. The van der Waals surface area contributed by atoms with Crippen LogP contribution < -0.4 is 10.6 Å². The highest BCUT2D eigenvalue weighted by atomic mass is 19.1. The number of nitrogens with zero attached hydrogens (tertiary/aromatic N) is 2. The maximum Gasteiger partial charge on any atom is 0.270 e. The summed E-state index contributed by atoms with van der Waals surface area (Å²) in [6, 6.07) is 10.4. The standard InChI is InChI=1S/C20H23FN4O4/c1-22-20(26)17-12-16(25(27)28)5-6-18(17)23-13-19(24-7-9-29-10-8-24)14-3-2-4-15(21)11-14/h2-6,11-12,19,23H,7-10,13H2,1H3,(H,22,26). The number of nitrogens with one attached hydrogen (secondary N) is 2. The van der Waals surface area contributed by atoms with Gasteiger partial charge in [-0.2, -0.15) is 0 Å². The minimum atomic E-state index is -0.542. The molecule has 29 heavy (non-hydrogen) atoms. The molecule has 1 saturated heterocycles. The van der Waals surface area contributed by atoms with Gasteiger partial charge in [0.1, 0.15) is 5.82 Å². The van der Waals surface area contributed by atoms with E-state index in [1.54, 1.807) is 6.07 Å². The fourth-order valence-electron chi connectivity index (χ4n) is 3.39. The van der Waals surface area contributed by atoms with Gasteiger partial charge in [0.05, 0.1) is 29.7 Å². The van der Waals surface area contributed by atoms with E-state index in [9.17, 15) is 19.3 Å². The summed E-state index contributed by atoms with van der Waals surface area (Å²) in [5.74, 6) is -0.743. The molecule has 1 heterocycles. The first-order valence-electron chi connectivity index (χ1n) is 9.31. The molecule has 2 N–H and O–H groups in total. The lowest BCUT2D eigenvalue weighted by atomic mass is 10.0. The maximum absolute atomic E-state index is 13.8. The van der Waals surface area contributed by atoms with E-state index in [4.69, 9.17) is 4.74 Å². The molecule has 0 saturated carbocycles. The summed E-state index contributed by atoms with van der Waals surface area (Å²) in [5.41, 5.74) is 1.30. The van der Waals surface area contributed by atoms with Crippen LogP contribution in [-0.2, 0) is 4.74 Å². The Balaban J connectivity index is 1.87. The normalized spacial score (nSPS) is 15.5. The number of non-ortho nitro benzene ring substituents is 1. The Bertz CT molecular complexity index is 887. The summed E-state index contributed by atoms with van der Waals surface area (Å²) in [4.78, 5) is 24.9. The first-order chi connectivity index (χ1) is 14.0. The van der Waals surface area contributed by atoms with Crippen LogP contribution in [0.25, 0.3) is 0 Å². The van der Waals surface area contributed by atoms with Crippen LogP contribution in [0.1, 0.15) is 22.0 Å². The Kier molecular flexibility index (Phi) is 6.73. The van der Waals surface area contributed by atoms with Crippen molar-refractivity contribution in [1.29, 1.82) is 0 Å². The second-order valence-corrected chi connectivity index (χ2v) is 6.67. The summed E-state index contributed by atoms with van der Waals surface area (Å²) < 4.78 is 19.2. The molecule has 0 bridgehead atoms. The molecule has 0 spiro atoms. The molecule has 0 radical (unpaired) electrons. The molecule has 154 valence electrons. The van der Waals surface area contributed by atoms with Crippen molar-refractivity contribution < 1.29 is 18.8 Å².